The van der Waals surface area contributed by atoms with Crippen LogP contribution in [0, 0.1) is 13.8 Å². The van der Waals surface area contributed by atoms with Crippen molar-refractivity contribution in [3.05, 3.63) is 73.5 Å². The molecule has 1 aromatic heterocycles. The van der Waals surface area contributed by atoms with Crippen LogP contribution in [0.25, 0.3) is 0 Å². The number of aromatic amines is 1. The standard InChI is InChI=1S/C22H19Cl2N5O3/c1-10-3-11(2)5-14(4-10)25-20(31)16-9-17(30)27-19-18(16)21(32)29-22(28-19)26-15-7-12(23)6-13(24)8-15/h3-8,16H,9H2,1-2H3,(H,25,31)(H3,26,27,28,29,30,32). The van der Waals surface area contributed by atoms with Gasteiger partial charge in [0.25, 0.3) is 5.56 Å². The van der Waals surface area contributed by atoms with Crippen molar-refractivity contribution in [3.63, 3.8) is 0 Å². The van der Waals surface area contributed by atoms with Crippen LogP contribution >= 0.6 is 23.2 Å². The molecule has 1 unspecified atom stereocenters. The van der Waals surface area contributed by atoms with E-state index < -0.39 is 23.3 Å². The fraction of sp³-hybridized carbons (Fsp3) is 0.182. The lowest BCUT2D eigenvalue weighted by atomic mass is 9.92. The monoisotopic (exact) mass is 471 g/mol. The molecule has 8 nitrogen and oxygen atoms in total. The van der Waals surface area contributed by atoms with Crippen LogP contribution in [0.5, 0.6) is 0 Å². The molecule has 4 N–H and O–H groups in total. The highest BCUT2D eigenvalue weighted by Crippen LogP contribution is 2.31. The number of carbonyl (C=O) groups is 2. The van der Waals surface area contributed by atoms with Crippen LogP contribution in [0.4, 0.5) is 23.1 Å². The Balaban J connectivity index is 1.65. The molecule has 3 aromatic rings. The molecule has 0 saturated heterocycles. The molecule has 0 aliphatic carbocycles. The molecule has 1 aliphatic rings. The van der Waals surface area contributed by atoms with Crippen molar-refractivity contribution < 1.29 is 9.59 Å². The van der Waals surface area contributed by atoms with Gasteiger partial charge in [-0.3, -0.25) is 19.4 Å². The Morgan fingerprint density at radius 3 is 2.31 bits per heavy atom. The Hall–Kier alpha value is -3.36. The van der Waals surface area contributed by atoms with E-state index in [9.17, 15) is 14.4 Å². The Labute approximate surface area is 193 Å². The van der Waals surface area contributed by atoms with Crippen molar-refractivity contribution in [2.24, 2.45) is 0 Å². The number of anilines is 4. The van der Waals surface area contributed by atoms with Crippen LogP contribution < -0.4 is 21.5 Å². The molecule has 10 heteroatoms. The zero-order chi connectivity index (χ0) is 23.0. The van der Waals surface area contributed by atoms with E-state index in [-0.39, 0.29) is 23.8 Å². The molecule has 2 aromatic carbocycles. The first-order chi connectivity index (χ1) is 15.2. The maximum absolute atomic E-state index is 13.0. The zero-order valence-electron chi connectivity index (χ0n) is 17.2. The molecule has 0 radical (unpaired) electrons. The summed E-state index contributed by atoms with van der Waals surface area (Å²) in [6.45, 7) is 3.84. The molecule has 1 atom stereocenters. The minimum Gasteiger partial charge on any atom is -0.326 e. The number of halogens is 2. The number of carbonyl (C=O) groups excluding carboxylic acids is 2. The van der Waals surface area contributed by atoms with Gasteiger partial charge in [-0.25, -0.2) is 0 Å². The van der Waals surface area contributed by atoms with E-state index in [0.717, 1.165) is 11.1 Å². The smallest absolute Gasteiger partial charge is 0.258 e. The molecular formula is C22H19Cl2N5O3. The summed E-state index contributed by atoms with van der Waals surface area (Å²) >= 11 is 12.0. The van der Waals surface area contributed by atoms with Crippen molar-refractivity contribution in [2.75, 3.05) is 16.0 Å². The second kappa shape index (κ2) is 8.64. The SMILES string of the molecule is Cc1cc(C)cc(NC(=O)C2CC(=O)Nc3nc(Nc4cc(Cl)cc(Cl)c4)[nH]c(=O)c32)c1. The number of H-pyrrole nitrogens is 1. The quantitative estimate of drug-likeness (QED) is 0.446. The largest absolute Gasteiger partial charge is 0.326 e. The summed E-state index contributed by atoms with van der Waals surface area (Å²) in [4.78, 5) is 45.0. The maximum Gasteiger partial charge on any atom is 0.258 e. The second-order valence-corrected chi connectivity index (χ2v) is 8.50. The summed E-state index contributed by atoms with van der Waals surface area (Å²) in [5.41, 5.74) is 2.63. The molecule has 32 heavy (non-hydrogen) atoms. The van der Waals surface area contributed by atoms with Crippen LogP contribution in [0.2, 0.25) is 10.0 Å². The highest BCUT2D eigenvalue weighted by Gasteiger charge is 2.34. The molecule has 0 saturated carbocycles. The number of aromatic nitrogens is 2. The van der Waals surface area contributed by atoms with Gasteiger partial charge in [0.2, 0.25) is 17.8 Å². The third kappa shape index (κ3) is 4.76. The number of nitrogens with one attached hydrogen (secondary N) is 4. The fourth-order valence-electron chi connectivity index (χ4n) is 3.69. The fourth-order valence-corrected chi connectivity index (χ4v) is 4.22. The lowest BCUT2D eigenvalue weighted by molar-refractivity contribution is -0.123. The van der Waals surface area contributed by atoms with E-state index in [2.05, 4.69) is 25.9 Å². The van der Waals surface area contributed by atoms with Crippen LogP contribution in [-0.2, 0) is 9.59 Å². The van der Waals surface area contributed by atoms with Gasteiger partial charge >= 0.3 is 0 Å². The number of fused-ring (bicyclic) bond motifs is 1. The van der Waals surface area contributed by atoms with Crippen molar-refractivity contribution in [2.45, 2.75) is 26.2 Å². The van der Waals surface area contributed by atoms with E-state index in [4.69, 9.17) is 23.2 Å². The van der Waals surface area contributed by atoms with Gasteiger partial charge in [-0.2, -0.15) is 4.98 Å². The summed E-state index contributed by atoms with van der Waals surface area (Å²) in [6.07, 6.45) is -0.162. The van der Waals surface area contributed by atoms with Gasteiger partial charge in [0, 0.05) is 27.8 Å². The molecule has 164 valence electrons. The van der Waals surface area contributed by atoms with Crippen LogP contribution in [0.3, 0.4) is 0 Å². The predicted octanol–water partition coefficient (Wildman–Crippen LogP) is 4.50. The summed E-state index contributed by atoms with van der Waals surface area (Å²) in [5, 5.41) is 9.08. The van der Waals surface area contributed by atoms with Crippen LogP contribution in [0.15, 0.2) is 41.2 Å². The van der Waals surface area contributed by atoms with Crippen molar-refractivity contribution in [3.8, 4) is 0 Å². The highest BCUT2D eigenvalue weighted by molar-refractivity contribution is 6.35. The van der Waals surface area contributed by atoms with E-state index in [0.29, 0.717) is 21.4 Å². The average Bonchev–Trinajstić information content (AvgIpc) is 2.65. The zero-order valence-corrected chi connectivity index (χ0v) is 18.7. The molecule has 1 aliphatic heterocycles. The van der Waals surface area contributed by atoms with Gasteiger partial charge in [-0.1, -0.05) is 29.3 Å². The molecular weight excluding hydrogens is 453 g/mol. The number of benzene rings is 2. The first-order valence-electron chi connectivity index (χ1n) is 9.74. The molecule has 0 bridgehead atoms. The minimum absolute atomic E-state index is 0.0289. The summed E-state index contributed by atoms with van der Waals surface area (Å²) in [6, 6.07) is 10.4. The topological polar surface area (TPSA) is 116 Å². The average molecular weight is 472 g/mol. The molecule has 0 spiro atoms. The van der Waals surface area contributed by atoms with E-state index in [1.807, 2.05) is 32.0 Å². The lowest BCUT2D eigenvalue weighted by Crippen LogP contribution is -2.36. The number of rotatable bonds is 4. The van der Waals surface area contributed by atoms with Gasteiger partial charge in [0.05, 0.1) is 11.5 Å². The highest BCUT2D eigenvalue weighted by atomic mass is 35.5. The summed E-state index contributed by atoms with van der Waals surface area (Å²) in [7, 11) is 0. The van der Waals surface area contributed by atoms with Crippen molar-refractivity contribution >= 4 is 58.2 Å². The van der Waals surface area contributed by atoms with Crippen LogP contribution in [-0.4, -0.2) is 21.8 Å². The summed E-state index contributed by atoms with van der Waals surface area (Å²) in [5.74, 6) is -1.75. The Bertz CT molecular complexity index is 1260. The molecule has 2 heterocycles. The first kappa shape index (κ1) is 21.9. The molecule has 0 fully saturated rings. The normalized spacial score (nSPS) is 15.0. The molecule has 4 rings (SSSR count). The second-order valence-electron chi connectivity index (χ2n) is 7.63. The van der Waals surface area contributed by atoms with Crippen molar-refractivity contribution in [1.82, 2.24) is 9.97 Å². The Morgan fingerprint density at radius 1 is 1.00 bits per heavy atom. The van der Waals surface area contributed by atoms with E-state index >= 15 is 0 Å². The van der Waals surface area contributed by atoms with Gasteiger partial charge in [-0.05, 0) is 55.3 Å². The number of amides is 2. The molecule has 2 amide bonds. The van der Waals surface area contributed by atoms with Crippen molar-refractivity contribution in [1.29, 1.82) is 0 Å². The van der Waals surface area contributed by atoms with E-state index in [1.54, 1.807) is 18.2 Å². The third-order valence-corrected chi connectivity index (χ3v) is 5.32. The van der Waals surface area contributed by atoms with Crippen LogP contribution in [0.1, 0.15) is 29.0 Å². The maximum atomic E-state index is 13.0. The van der Waals surface area contributed by atoms with Gasteiger partial charge in [0.15, 0.2) is 0 Å². The van der Waals surface area contributed by atoms with E-state index in [1.165, 1.54) is 0 Å². The van der Waals surface area contributed by atoms with Gasteiger partial charge in [0.1, 0.15) is 5.82 Å². The number of hydrogen-bond acceptors (Lipinski definition) is 5. The van der Waals surface area contributed by atoms with Gasteiger partial charge in [-0.15, -0.1) is 0 Å². The first-order valence-corrected chi connectivity index (χ1v) is 10.5. The number of aryl methyl sites for hydroxylation is 2. The summed E-state index contributed by atoms with van der Waals surface area (Å²) < 4.78 is 0. The Kier molecular flexibility index (Phi) is 5.90. The van der Waals surface area contributed by atoms with Gasteiger partial charge < -0.3 is 16.0 Å². The minimum atomic E-state index is -0.981. The Morgan fingerprint density at radius 2 is 1.66 bits per heavy atom. The lowest BCUT2D eigenvalue weighted by Gasteiger charge is -2.24. The third-order valence-electron chi connectivity index (χ3n) is 4.88. The number of hydrogen-bond donors (Lipinski definition) is 4. The predicted molar refractivity (Wildman–Crippen MR) is 125 cm³/mol. The number of nitrogens with zero attached hydrogens (tertiary/aromatic N) is 1.